The topological polar surface area (TPSA) is 71.8 Å². The Labute approximate surface area is 111 Å². The first-order chi connectivity index (χ1) is 9.20. The van der Waals surface area contributed by atoms with E-state index in [4.69, 9.17) is 4.42 Å². The normalized spacial score (nSPS) is 16.2. The maximum absolute atomic E-state index is 11.7. The summed E-state index contributed by atoms with van der Waals surface area (Å²) >= 11 is 0. The summed E-state index contributed by atoms with van der Waals surface area (Å²) in [4.78, 5) is 24.7. The molecule has 1 saturated heterocycles. The molecular weight excluding hydrogens is 248 g/mol. The molecule has 0 bridgehead atoms. The second kappa shape index (κ2) is 6.26. The van der Waals surface area contributed by atoms with Crippen LogP contribution in [0, 0.1) is 5.92 Å². The zero-order chi connectivity index (χ0) is 13.7. The SMILES string of the molecule is COC(=O)N1CCC(CNC(=O)c2ccco2)CC1. The molecule has 2 amide bonds. The number of piperidine rings is 1. The summed E-state index contributed by atoms with van der Waals surface area (Å²) in [7, 11) is 1.39. The highest BCUT2D eigenvalue weighted by Crippen LogP contribution is 2.17. The molecule has 1 N–H and O–H groups in total. The van der Waals surface area contributed by atoms with Crippen molar-refractivity contribution in [3.05, 3.63) is 24.2 Å². The molecule has 1 aliphatic heterocycles. The Morgan fingerprint density at radius 1 is 1.47 bits per heavy atom. The van der Waals surface area contributed by atoms with Gasteiger partial charge in [-0.2, -0.15) is 0 Å². The number of carbonyl (C=O) groups is 2. The fourth-order valence-corrected chi connectivity index (χ4v) is 2.18. The van der Waals surface area contributed by atoms with Gasteiger partial charge in [0.25, 0.3) is 5.91 Å². The van der Waals surface area contributed by atoms with Gasteiger partial charge >= 0.3 is 6.09 Å². The summed E-state index contributed by atoms with van der Waals surface area (Å²) in [5.74, 6) is 0.521. The van der Waals surface area contributed by atoms with Crippen molar-refractivity contribution in [1.82, 2.24) is 10.2 Å². The van der Waals surface area contributed by atoms with Gasteiger partial charge in [-0.3, -0.25) is 4.79 Å². The van der Waals surface area contributed by atoms with E-state index in [1.54, 1.807) is 17.0 Å². The van der Waals surface area contributed by atoms with Crippen molar-refractivity contribution in [2.75, 3.05) is 26.7 Å². The van der Waals surface area contributed by atoms with E-state index >= 15 is 0 Å². The molecule has 104 valence electrons. The smallest absolute Gasteiger partial charge is 0.409 e. The van der Waals surface area contributed by atoms with Crippen LogP contribution in [0.5, 0.6) is 0 Å². The molecule has 1 aromatic heterocycles. The van der Waals surface area contributed by atoms with Crippen LogP contribution in [-0.4, -0.2) is 43.6 Å². The number of amides is 2. The highest BCUT2D eigenvalue weighted by atomic mass is 16.5. The van der Waals surface area contributed by atoms with Gasteiger partial charge in [-0.15, -0.1) is 0 Å². The van der Waals surface area contributed by atoms with Crippen molar-refractivity contribution in [2.45, 2.75) is 12.8 Å². The molecule has 0 aliphatic carbocycles. The van der Waals surface area contributed by atoms with Gasteiger partial charge in [0.15, 0.2) is 5.76 Å². The number of nitrogens with one attached hydrogen (secondary N) is 1. The van der Waals surface area contributed by atoms with Gasteiger partial charge in [-0.25, -0.2) is 4.79 Å². The van der Waals surface area contributed by atoms with Crippen LogP contribution in [0.4, 0.5) is 4.79 Å². The summed E-state index contributed by atoms with van der Waals surface area (Å²) in [5, 5.41) is 2.85. The number of hydrogen-bond donors (Lipinski definition) is 1. The minimum atomic E-state index is -0.280. The quantitative estimate of drug-likeness (QED) is 0.899. The number of ether oxygens (including phenoxy) is 1. The molecule has 0 atom stereocenters. The second-order valence-corrected chi connectivity index (χ2v) is 4.59. The van der Waals surface area contributed by atoms with Crippen molar-refractivity contribution >= 4 is 12.0 Å². The summed E-state index contributed by atoms with van der Waals surface area (Å²) in [5.41, 5.74) is 0. The zero-order valence-corrected chi connectivity index (χ0v) is 10.9. The van der Waals surface area contributed by atoms with Crippen LogP contribution in [0.25, 0.3) is 0 Å². The van der Waals surface area contributed by atoms with Crippen LogP contribution < -0.4 is 5.32 Å². The lowest BCUT2D eigenvalue weighted by atomic mass is 9.97. The number of furan rings is 1. The van der Waals surface area contributed by atoms with Crippen molar-refractivity contribution in [2.24, 2.45) is 5.92 Å². The van der Waals surface area contributed by atoms with Crippen molar-refractivity contribution < 1.29 is 18.7 Å². The summed E-state index contributed by atoms with van der Waals surface area (Å²) in [6.07, 6.45) is 2.93. The Balaban J connectivity index is 1.71. The van der Waals surface area contributed by atoms with Gasteiger partial charge in [0.2, 0.25) is 0 Å². The standard InChI is InChI=1S/C13H18N2O4/c1-18-13(17)15-6-4-10(5-7-15)9-14-12(16)11-3-2-8-19-11/h2-3,8,10H,4-7,9H2,1H3,(H,14,16). The number of likely N-dealkylation sites (tertiary alicyclic amines) is 1. The second-order valence-electron chi connectivity index (χ2n) is 4.59. The van der Waals surface area contributed by atoms with E-state index < -0.39 is 0 Å². The lowest BCUT2D eigenvalue weighted by Crippen LogP contribution is -2.41. The molecule has 1 aromatic rings. The largest absolute Gasteiger partial charge is 0.459 e. The third-order valence-electron chi connectivity index (χ3n) is 3.34. The van der Waals surface area contributed by atoms with Crippen LogP contribution in [0.2, 0.25) is 0 Å². The van der Waals surface area contributed by atoms with Gasteiger partial charge < -0.3 is 19.4 Å². The van der Waals surface area contributed by atoms with E-state index in [1.807, 2.05) is 0 Å². The first-order valence-corrected chi connectivity index (χ1v) is 6.35. The lowest BCUT2D eigenvalue weighted by molar-refractivity contribution is 0.0890. The molecule has 19 heavy (non-hydrogen) atoms. The molecule has 2 heterocycles. The predicted octanol–water partition coefficient (Wildman–Crippen LogP) is 1.49. The molecule has 0 spiro atoms. The molecule has 1 fully saturated rings. The van der Waals surface area contributed by atoms with Crippen LogP contribution in [0.15, 0.2) is 22.8 Å². The highest BCUT2D eigenvalue weighted by molar-refractivity contribution is 5.91. The summed E-state index contributed by atoms with van der Waals surface area (Å²) in [6, 6.07) is 3.32. The average Bonchev–Trinajstić information content (AvgIpc) is 2.98. The zero-order valence-electron chi connectivity index (χ0n) is 10.9. The van der Waals surface area contributed by atoms with Gasteiger partial charge in [-0.1, -0.05) is 0 Å². The Hall–Kier alpha value is -1.98. The fourth-order valence-electron chi connectivity index (χ4n) is 2.18. The Morgan fingerprint density at radius 2 is 2.21 bits per heavy atom. The Kier molecular flexibility index (Phi) is 4.43. The van der Waals surface area contributed by atoms with Crippen molar-refractivity contribution in [3.8, 4) is 0 Å². The molecular formula is C13H18N2O4. The summed E-state index contributed by atoms with van der Waals surface area (Å²) in [6.45, 7) is 1.95. The van der Waals surface area contributed by atoms with E-state index in [2.05, 4.69) is 10.1 Å². The highest BCUT2D eigenvalue weighted by Gasteiger charge is 2.23. The minimum Gasteiger partial charge on any atom is -0.459 e. The molecule has 6 heteroatoms. The monoisotopic (exact) mass is 266 g/mol. The maximum Gasteiger partial charge on any atom is 0.409 e. The van der Waals surface area contributed by atoms with Gasteiger partial charge in [0, 0.05) is 19.6 Å². The van der Waals surface area contributed by atoms with E-state index in [-0.39, 0.29) is 12.0 Å². The van der Waals surface area contributed by atoms with Crippen LogP contribution in [0.3, 0.4) is 0 Å². The molecule has 0 radical (unpaired) electrons. The number of methoxy groups -OCH3 is 1. The molecule has 2 rings (SSSR count). The first-order valence-electron chi connectivity index (χ1n) is 6.35. The molecule has 0 saturated carbocycles. The number of carbonyl (C=O) groups excluding carboxylic acids is 2. The van der Waals surface area contributed by atoms with Crippen LogP contribution in [0.1, 0.15) is 23.4 Å². The number of rotatable bonds is 3. The van der Waals surface area contributed by atoms with Gasteiger partial charge in [-0.05, 0) is 30.9 Å². The van der Waals surface area contributed by atoms with E-state index in [0.717, 1.165) is 12.8 Å². The van der Waals surface area contributed by atoms with E-state index in [1.165, 1.54) is 13.4 Å². The molecule has 6 nitrogen and oxygen atoms in total. The van der Waals surface area contributed by atoms with Crippen molar-refractivity contribution in [1.29, 1.82) is 0 Å². The van der Waals surface area contributed by atoms with E-state index in [0.29, 0.717) is 31.3 Å². The Morgan fingerprint density at radius 3 is 2.79 bits per heavy atom. The molecule has 0 unspecified atom stereocenters. The van der Waals surface area contributed by atoms with Crippen LogP contribution in [-0.2, 0) is 4.74 Å². The molecule has 1 aliphatic rings. The van der Waals surface area contributed by atoms with Gasteiger partial charge in [0.1, 0.15) is 0 Å². The van der Waals surface area contributed by atoms with E-state index in [9.17, 15) is 9.59 Å². The first kappa shape index (κ1) is 13.5. The lowest BCUT2D eigenvalue weighted by Gasteiger charge is -2.30. The van der Waals surface area contributed by atoms with Gasteiger partial charge in [0.05, 0.1) is 13.4 Å². The fraction of sp³-hybridized carbons (Fsp3) is 0.538. The number of hydrogen-bond acceptors (Lipinski definition) is 4. The Bertz CT molecular complexity index is 422. The summed E-state index contributed by atoms with van der Waals surface area (Å²) < 4.78 is 9.69. The third-order valence-corrected chi connectivity index (χ3v) is 3.34. The maximum atomic E-state index is 11.7. The van der Waals surface area contributed by atoms with Crippen molar-refractivity contribution in [3.63, 3.8) is 0 Å². The minimum absolute atomic E-state index is 0.194. The van der Waals surface area contributed by atoms with Crippen LogP contribution >= 0.6 is 0 Å². The average molecular weight is 266 g/mol. The predicted molar refractivity (Wildman–Crippen MR) is 67.7 cm³/mol. The third kappa shape index (κ3) is 3.49. The number of nitrogens with zero attached hydrogens (tertiary/aromatic N) is 1. The molecule has 0 aromatic carbocycles.